The van der Waals surface area contributed by atoms with E-state index in [2.05, 4.69) is 5.10 Å². The maximum Gasteiger partial charge on any atom is 0.274 e. The van der Waals surface area contributed by atoms with Gasteiger partial charge in [0.15, 0.2) is 0 Å². The summed E-state index contributed by atoms with van der Waals surface area (Å²) in [6.45, 7) is 0.539. The van der Waals surface area contributed by atoms with Gasteiger partial charge in [-0.2, -0.15) is 5.10 Å². The Bertz CT molecular complexity index is 707. The molecule has 0 saturated heterocycles. The van der Waals surface area contributed by atoms with Crippen LogP contribution in [-0.4, -0.2) is 46.0 Å². The molecule has 0 aliphatic heterocycles. The first kappa shape index (κ1) is 17.5. The molecule has 25 heavy (non-hydrogen) atoms. The fourth-order valence-corrected chi connectivity index (χ4v) is 3.40. The Morgan fingerprint density at radius 2 is 2.08 bits per heavy atom. The number of hydrogen-bond donors (Lipinski definition) is 1. The number of hydrogen-bond acceptors (Lipinski definition) is 4. The number of carbonyl (C=O) groups excluding carboxylic acids is 1. The average molecular weight is 343 g/mol. The van der Waals surface area contributed by atoms with E-state index in [-0.39, 0.29) is 19.1 Å². The van der Waals surface area contributed by atoms with Gasteiger partial charge in [-0.1, -0.05) is 31.0 Å². The third kappa shape index (κ3) is 4.02. The molecule has 134 valence electrons. The molecule has 1 aliphatic carbocycles. The van der Waals surface area contributed by atoms with Crippen molar-refractivity contribution in [1.29, 1.82) is 0 Å². The van der Waals surface area contributed by atoms with E-state index in [1.54, 1.807) is 18.1 Å². The van der Waals surface area contributed by atoms with Gasteiger partial charge in [0.2, 0.25) is 0 Å². The highest BCUT2D eigenvalue weighted by Gasteiger charge is 2.22. The lowest BCUT2D eigenvalue weighted by Crippen LogP contribution is -2.33. The minimum absolute atomic E-state index is 0.0930. The lowest BCUT2D eigenvalue weighted by Gasteiger charge is -2.22. The van der Waals surface area contributed by atoms with Gasteiger partial charge in [-0.15, -0.1) is 0 Å². The number of amides is 1. The summed E-state index contributed by atoms with van der Waals surface area (Å²) >= 11 is 0. The van der Waals surface area contributed by atoms with E-state index in [0.29, 0.717) is 18.3 Å². The first-order valence-corrected chi connectivity index (χ1v) is 8.80. The highest BCUT2D eigenvalue weighted by Crippen LogP contribution is 2.29. The van der Waals surface area contributed by atoms with Crippen LogP contribution in [0, 0.1) is 0 Å². The molecule has 2 aromatic rings. The Hall–Kier alpha value is -2.34. The minimum Gasteiger partial charge on any atom is -0.496 e. The van der Waals surface area contributed by atoms with Crippen molar-refractivity contribution in [3.63, 3.8) is 0 Å². The summed E-state index contributed by atoms with van der Waals surface area (Å²) in [7, 11) is 1.61. The van der Waals surface area contributed by atoms with Crippen molar-refractivity contribution in [2.75, 3.05) is 20.3 Å². The van der Waals surface area contributed by atoms with Crippen LogP contribution in [0.3, 0.4) is 0 Å². The molecule has 1 N–H and O–H groups in total. The average Bonchev–Trinajstić information content (AvgIpc) is 3.32. The van der Waals surface area contributed by atoms with E-state index in [9.17, 15) is 9.90 Å². The molecule has 6 heteroatoms. The summed E-state index contributed by atoms with van der Waals surface area (Å²) in [5.74, 6) is 0.562. The molecule has 0 spiro atoms. The second-order valence-electron chi connectivity index (χ2n) is 6.38. The van der Waals surface area contributed by atoms with Crippen LogP contribution in [0.5, 0.6) is 5.75 Å². The van der Waals surface area contributed by atoms with E-state index in [4.69, 9.17) is 4.74 Å². The monoisotopic (exact) mass is 343 g/mol. The summed E-state index contributed by atoms with van der Waals surface area (Å²) in [6.07, 6.45) is 6.58. The topological polar surface area (TPSA) is 67.6 Å². The predicted molar refractivity (Wildman–Crippen MR) is 94.6 cm³/mol. The van der Waals surface area contributed by atoms with Gasteiger partial charge in [0.25, 0.3) is 5.91 Å². The van der Waals surface area contributed by atoms with Crippen LogP contribution in [-0.2, 0) is 6.54 Å². The van der Waals surface area contributed by atoms with Gasteiger partial charge in [-0.3, -0.25) is 9.48 Å². The van der Waals surface area contributed by atoms with Crippen LogP contribution >= 0.6 is 0 Å². The van der Waals surface area contributed by atoms with Crippen LogP contribution in [0.4, 0.5) is 0 Å². The van der Waals surface area contributed by atoms with Crippen molar-refractivity contribution < 1.29 is 14.6 Å². The molecule has 1 saturated carbocycles. The zero-order valence-corrected chi connectivity index (χ0v) is 14.6. The van der Waals surface area contributed by atoms with Crippen LogP contribution in [0.25, 0.3) is 0 Å². The Labute approximate surface area is 148 Å². The fourth-order valence-electron chi connectivity index (χ4n) is 3.40. The molecule has 1 heterocycles. The zero-order valence-electron chi connectivity index (χ0n) is 14.6. The highest BCUT2D eigenvalue weighted by molar-refractivity contribution is 5.92. The molecule has 0 unspecified atom stereocenters. The lowest BCUT2D eigenvalue weighted by molar-refractivity contribution is 0.0699. The molecule has 1 aromatic heterocycles. The Kier molecular flexibility index (Phi) is 5.71. The first-order chi connectivity index (χ1) is 12.2. The maximum absolute atomic E-state index is 12.9. The van der Waals surface area contributed by atoms with Crippen LogP contribution < -0.4 is 4.74 Å². The van der Waals surface area contributed by atoms with Crippen molar-refractivity contribution >= 4 is 5.91 Å². The second kappa shape index (κ2) is 8.16. The zero-order chi connectivity index (χ0) is 17.6. The summed E-state index contributed by atoms with van der Waals surface area (Å²) in [5.41, 5.74) is 1.33. The number of rotatable bonds is 7. The molecule has 0 bridgehead atoms. The lowest BCUT2D eigenvalue weighted by atomic mass is 10.2. The number of benzene rings is 1. The van der Waals surface area contributed by atoms with Crippen molar-refractivity contribution in [3.8, 4) is 5.75 Å². The molecule has 0 atom stereocenters. The number of carbonyl (C=O) groups is 1. The number of methoxy groups -OCH3 is 1. The Balaban J connectivity index is 1.76. The quantitative estimate of drug-likeness (QED) is 0.839. The third-order valence-corrected chi connectivity index (χ3v) is 4.74. The Morgan fingerprint density at radius 1 is 1.32 bits per heavy atom. The van der Waals surface area contributed by atoms with Gasteiger partial charge in [-0.25, -0.2) is 0 Å². The van der Waals surface area contributed by atoms with Crippen LogP contribution in [0.1, 0.15) is 47.8 Å². The van der Waals surface area contributed by atoms with Crippen LogP contribution in [0.2, 0.25) is 0 Å². The molecular weight excluding hydrogens is 318 g/mol. The molecule has 1 amide bonds. The van der Waals surface area contributed by atoms with E-state index >= 15 is 0 Å². The summed E-state index contributed by atoms with van der Waals surface area (Å²) in [6, 6.07) is 9.77. The Morgan fingerprint density at radius 3 is 2.80 bits per heavy atom. The molecule has 1 aromatic carbocycles. The van der Waals surface area contributed by atoms with Crippen molar-refractivity contribution in [2.45, 2.75) is 38.3 Å². The SMILES string of the molecule is COc1ccccc1CN(CCO)C(=O)c1ccn(C2CCCC2)n1. The van der Waals surface area contributed by atoms with Gasteiger partial charge in [0.1, 0.15) is 11.4 Å². The van der Waals surface area contributed by atoms with E-state index in [1.165, 1.54) is 12.8 Å². The van der Waals surface area contributed by atoms with E-state index in [1.807, 2.05) is 35.1 Å². The summed E-state index contributed by atoms with van der Waals surface area (Å²) in [5, 5.41) is 13.9. The third-order valence-electron chi connectivity index (χ3n) is 4.74. The van der Waals surface area contributed by atoms with Crippen LogP contribution in [0.15, 0.2) is 36.5 Å². The summed E-state index contributed by atoms with van der Waals surface area (Å²) < 4.78 is 7.28. The van der Waals surface area contributed by atoms with Crippen molar-refractivity contribution in [3.05, 3.63) is 47.8 Å². The summed E-state index contributed by atoms with van der Waals surface area (Å²) in [4.78, 5) is 14.5. The number of aliphatic hydroxyl groups excluding tert-OH is 1. The number of nitrogens with zero attached hydrogens (tertiary/aromatic N) is 3. The molecule has 1 fully saturated rings. The number of aromatic nitrogens is 2. The highest BCUT2D eigenvalue weighted by atomic mass is 16.5. The van der Waals surface area contributed by atoms with Crippen molar-refractivity contribution in [2.24, 2.45) is 0 Å². The van der Waals surface area contributed by atoms with Gasteiger partial charge >= 0.3 is 0 Å². The molecule has 3 rings (SSSR count). The van der Waals surface area contributed by atoms with Gasteiger partial charge in [-0.05, 0) is 25.0 Å². The smallest absolute Gasteiger partial charge is 0.274 e. The standard InChI is InChI=1S/C19H25N3O3/c1-25-18-9-5-2-6-15(18)14-21(12-13-23)19(24)17-10-11-22(20-17)16-7-3-4-8-16/h2,5-6,9-11,16,23H,3-4,7-8,12-14H2,1H3. The normalized spacial score (nSPS) is 14.6. The maximum atomic E-state index is 12.9. The second-order valence-corrected chi connectivity index (χ2v) is 6.38. The van der Waals surface area contributed by atoms with Crippen molar-refractivity contribution in [1.82, 2.24) is 14.7 Å². The van der Waals surface area contributed by atoms with Gasteiger partial charge in [0, 0.05) is 24.8 Å². The van der Waals surface area contributed by atoms with Gasteiger partial charge in [0.05, 0.1) is 19.8 Å². The number of para-hydroxylation sites is 1. The number of ether oxygens (including phenoxy) is 1. The predicted octanol–water partition coefficient (Wildman–Crippen LogP) is 2.64. The molecule has 1 aliphatic rings. The molecular formula is C19H25N3O3. The van der Waals surface area contributed by atoms with Gasteiger partial charge < -0.3 is 14.7 Å². The first-order valence-electron chi connectivity index (χ1n) is 8.80. The fraction of sp³-hybridized carbons (Fsp3) is 0.474. The molecule has 6 nitrogen and oxygen atoms in total. The minimum atomic E-state index is -0.170. The molecule has 0 radical (unpaired) electrons. The van der Waals surface area contributed by atoms with E-state index in [0.717, 1.165) is 24.2 Å². The number of aliphatic hydroxyl groups is 1. The van der Waals surface area contributed by atoms with E-state index < -0.39 is 0 Å². The largest absolute Gasteiger partial charge is 0.496 e.